The molecule has 110 valence electrons. The number of hydrogen-bond donors (Lipinski definition) is 0. The summed E-state index contributed by atoms with van der Waals surface area (Å²) in [6.45, 7) is 6.56. The van der Waals surface area contributed by atoms with Gasteiger partial charge in [0.2, 0.25) is 0 Å². The molecule has 2 nitrogen and oxygen atoms in total. The van der Waals surface area contributed by atoms with Gasteiger partial charge in [0.15, 0.2) is 5.75 Å². The van der Waals surface area contributed by atoms with Crippen LogP contribution in [0.2, 0.25) is 10.0 Å². The molecule has 0 bridgehead atoms. The number of aliphatic imine (C=N–C) groups is 1. The van der Waals surface area contributed by atoms with Crippen LogP contribution in [0, 0.1) is 13.8 Å². The number of halogens is 2. The van der Waals surface area contributed by atoms with Crippen molar-refractivity contribution in [3.8, 4) is 5.75 Å². The Morgan fingerprint density at radius 1 is 1.05 bits per heavy atom. The Bertz CT molecular complexity index is 657. The van der Waals surface area contributed by atoms with Crippen LogP contribution in [0.1, 0.15) is 23.6 Å². The average molecular weight is 322 g/mol. The minimum atomic E-state index is 0.492. The second-order valence-corrected chi connectivity index (χ2v) is 5.59. The van der Waals surface area contributed by atoms with E-state index in [1.165, 1.54) is 11.1 Å². The van der Waals surface area contributed by atoms with E-state index in [0.717, 1.165) is 11.3 Å². The van der Waals surface area contributed by atoms with Crippen LogP contribution in [0.5, 0.6) is 5.75 Å². The molecular weight excluding hydrogens is 305 g/mol. The van der Waals surface area contributed by atoms with Gasteiger partial charge in [0.25, 0.3) is 0 Å². The van der Waals surface area contributed by atoms with Crippen molar-refractivity contribution in [2.45, 2.75) is 20.8 Å². The van der Waals surface area contributed by atoms with Crippen molar-refractivity contribution in [2.75, 3.05) is 6.61 Å². The van der Waals surface area contributed by atoms with Gasteiger partial charge in [0, 0.05) is 6.21 Å². The van der Waals surface area contributed by atoms with Crippen molar-refractivity contribution >= 4 is 35.1 Å². The van der Waals surface area contributed by atoms with Crippen LogP contribution in [0.4, 0.5) is 5.69 Å². The van der Waals surface area contributed by atoms with Gasteiger partial charge in [-0.25, -0.2) is 0 Å². The first-order valence-electron chi connectivity index (χ1n) is 6.74. The molecule has 2 rings (SSSR count). The van der Waals surface area contributed by atoms with Gasteiger partial charge < -0.3 is 4.74 Å². The van der Waals surface area contributed by atoms with Crippen molar-refractivity contribution in [1.29, 1.82) is 0 Å². The highest BCUT2D eigenvalue weighted by atomic mass is 35.5. The van der Waals surface area contributed by atoms with Gasteiger partial charge in [-0.2, -0.15) is 0 Å². The number of benzene rings is 2. The highest BCUT2D eigenvalue weighted by Crippen LogP contribution is 2.33. The lowest BCUT2D eigenvalue weighted by Crippen LogP contribution is -1.94. The van der Waals surface area contributed by atoms with E-state index in [2.05, 4.69) is 24.9 Å². The molecule has 0 saturated carbocycles. The lowest BCUT2D eigenvalue weighted by molar-refractivity contribution is 0.340. The van der Waals surface area contributed by atoms with Crippen LogP contribution in [0.3, 0.4) is 0 Å². The predicted octanol–water partition coefficient (Wildman–Crippen LogP) is 5.76. The topological polar surface area (TPSA) is 21.6 Å². The maximum atomic E-state index is 6.17. The summed E-state index contributed by atoms with van der Waals surface area (Å²) in [5.74, 6) is 0.518. The van der Waals surface area contributed by atoms with Gasteiger partial charge in [-0.3, -0.25) is 4.99 Å². The molecule has 2 aromatic rings. The van der Waals surface area contributed by atoms with Crippen LogP contribution >= 0.6 is 23.2 Å². The van der Waals surface area contributed by atoms with Gasteiger partial charge in [-0.15, -0.1) is 0 Å². The molecule has 0 atom stereocenters. The molecular formula is C17H17Cl2NO. The van der Waals surface area contributed by atoms with Crippen molar-refractivity contribution < 1.29 is 4.74 Å². The summed E-state index contributed by atoms with van der Waals surface area (Å²) < 4.78 is 5.41. The highest BCUT2D eigenvalue weighted by Gasteiger charge is 2.08. The van der Waals surface area contributed by atoms with Crippen molar-refractivity contribution in [1.82, 2.24) is 0 Å². The normalized spacial score (nSPS) is 11.1. The van der Waals surface area contributed by atoms with Crippen LogP contribution in [0.25, 0.3) is 0 Å². The van der Waals surface area contributed by atoms with Crippen LogP contribution in [-0.2, 0) is 0 Å². The van der Waals surface area contributed by atoms with E-state index < -0.39 is 0 Å². The molecule has 0 aromatic heterocycles. The molecule has 0 fully saturated rings. The third-order valence-electron chi connectivity index (χ3n) is 3.16. The van der Waals surface area contributed by atoms with Crippen LogP contribution in [0.15, 0.2) is 35.3 Å². The van der Waals surface area contributed by atoms with E-state index in [1.54, 1.807) is 18.3 Å². The standard InChI is InChI=1S/C17H17Cl2NO/c1-4-21-17-15(18)8-13(9-16(17)19)10-20-14-6-5-11(2)12(3)7-14/h5-10H,4H2,1-3H3. The highest BCUT2D eigenvalue weighted by molar-refractivity contribution is 6.37. The molecule has 0 aliphatic carbocycles. The van der Waals surface area contributed by atoms with E-state index in [4.69, 9.17) is 27.9 Å². The maximum absolute atomic E-state index is 6.17. The number of rotatable bonds is 4. The van der Waals surface area contributed by atoms with Gasteiger partial charge in [-0.1, -0.05) is 29.3 Å². The number of ether oxygens (including phenoxy) is 1. The second kappa shape index (κ2) is 6.97. The zero-order valence-corrected chi connectivity index (χ0v) is 13.8. The summed E-state index contributed by atoms with van der Waals surface area (Å²) in [7, 11) is 0. The lowest BCUT2D eigenvalue weighted by Gasteiger charge is -2.08. The summed E-state index contributed by atoms with van der Waals surface area (Å²) in [5.41, 5.74) is 4.21. The first-order valence-corrected chi connectivity index (χ1v) is 7.50. The molecule has 4 heteroatoms. The zero-order chi connectivity index (χ0) is 15.4. The average Bonchev–Trinajstić information content (AvgIpc) is 2.44. The number of aryl methyl sites for hydroxylation is 2. The van der Waals surface area contributed by atoms with Gasteiger partial charge in [-0.05, 0) is 61.7 Å². The second-order valence-electron chi connectivity index (χ2n) is 4.77. The fourth-order valence-electron chi connectivity index (χ4n) is 1.89. The third-order valence-corrected chi connectivity index (χ3v) is 3.72. The Morgan fingerprint density at radius 3 is 2.29 bits per heavy atom. The summed E-state index contributed by atoms with van der Waals surface area (Å²) in [6.07, 6.45) is 1.75. The monoisotopic (exact) mass is 321 g/mol. The summed E-state index contributed by atoms with van der Waals surface area (Å²) >= 11 is 12.3. The number of hydrogen-bond acceptors (Lipinski definition) is 2. The van der Waals surface area contributed by atoms with Gasteiger partial charge in [0.1, 0.15) is 0 Å². The molecule has 0 aliphatic heterocycles. The third kappa shape index (κ3) is 3.99. The molecule has 0 aliphatic rings. The molecule has 2 aromatic carbocycles. The van der Waals surface area contributed by atoms with Gasteiger partial charge in [0.05, 0.1) is 22.3 Å². The fourth-order valence-corrected chi connectivity index (χ4v) is 2.50. The Hall–Kier alpha value is -1.51. The Kier molecular flexibility index (Phi) is 5.27. The predicted molar refractivity (Wildman–Crippen MR) is 90.8 cm³/mol. The minimum absolute atomic E-state index is 0.492. The van der Waals surface area contributed by atoms with E-state index in [1.807, 2.05) is 19.1 Å². The van der Waals surface area contributed by atoms with Crippen molar-refractivity contribution in [3.05, 3.63) is 57.1 Å². The Balaban J connectivity index is 2.26. The molecule has 0 amide bonds. The van der Waals surface area contributed by atoms with Crippen LogP contribution < -0.4 is 4.74 Å². The summed E-state index contributed by atoms with van der Waals surface area (Å²) in [5, 5.41) is 0.983. The smallest absolute Gasteiger partial charge is 0.156 e. The zero-order valence-electron chi connectivity index (χ0n) is 12.3. The molecule has 21 heavy (non-hydrogen) atoms. The van der Waals surface area contributed by atoms with E-state index in [9.17, 15) is 0 Å². The quantitative estimate of drug-likeness (QED) is 0.656. The van der Waals surface area contributed by atoms with Gasteiger partial charge >= 0.3 is 0 Å². The number of nitrogens with zero attached hydrogens (tertiary/aromatic N) is 1. The largest absolute Gasteiger partial charge is 0.491 e. The van der Waals surface area contributed by atoms with E-state index >= 15 is 0 Å². The SMILES string of the molecule is CCOc1c(Cl)cc(C=Nc2ccc(C)c(C)c2)cc1Cl. The van der Waals surface area contributed by atoms with E-state index in [-0.39, 0.29) is 0 Å². The Labute approximate surface area is 135 Å². The summed E-state index contributed by atoms with van der Waals surface area (Å²) in [4.78, 5) is 4.45. The lowest BCUT2D eigenvalue weighted by atomic mass is 10.1. The molecule has 0 radical (unpaired) electrons. The Morgan fingerprint density at radius 2 is 1.71 bits per heavy atom. The van der Waals surface area contributed by atoms with E-state index in [0.29, 0.717) is 22.4 Å². The molecule has 0 saturated heterocycles. The molecule has 0 unspecified atom stereocenters. The minimum Gasteiger partial charge on any atom is -0.491 e. The van der Waals surface area contributed by atoms with Crippen molar-refractivity contribution in [3.63, 3.8) is 0 Å². The maximum Gasteiger partial charge on any atom is 0.156 e. The molecule has 0 N–H and O–H groups in total. The first kappa shape index (κ1) is 15.9. The molecule has 0 spiro atoms. The van der Waals surface area contributed by atoms with Crippen LogP contribution in [-0.4, -0.2) is 12.8 Å². The summed E-state index contributed by atoms with van der Waals surface area (Å²) in [6, 6.07) is 9.67. The first-order chi connectivity index (χ1) is 10.0. The molecule has 0 heterocycles. The fraction of sp³-hybridized carbons (Fsp3) is 0.235. The van der Waals surface area contributed by atoms with Crippen molar-refractivity contribution in [2.24, 2.45) is 4.99 Å².